The van der Waals surface area contributed by atoms with Gasteiger partial charge in [0.1, 0.15) is 0 Å². The molecule has 2 aromatic heterocycles. The number of H-pyrrole nitrogens is 1. The molecule has 1 amide bonds. The summed E-state index contributed by atoms with van der Waals surface area (Å²) in [5, 5.41) is 3.47. The molecule has 30 heavy (non-hydrogen) atoms. The Hall–Kier alpha value is -3.45. The lowest BCUT2D eigenvalue weighted by Crippen LogP contribution is -2.25. The molecule has 2 N–H and O–H groups in total. The second-order valence-corrected chi connectivity index (χ2v) is 7.08. The lowest BCUT2D eigenvalue weighted by Gasteiger charge is -2.10. The number of nitrogens with zero attached hydrogens (tertiary/aromatic N) is 2. The SMILES string of the molecule is CCOCCCn1c(NC(=O)C(=O)c2c(C)[nH]c3ccccc23)nc2ccccc21. The third-order valence-corrected chi connectivity index (χ3v) is 5.08. The molecule has 0 aliphatic heterocycles. The Morgan fingerprint density at radius 2 is 1.90 bits per heavy atom. The van der Waals surface area contributed by atoms with Crippen molar-refractivity contribution in [1.29, 1.82) is 0 Å². The molecule has 0 atom stereocenters. The zero-order valence-electron chi connectivity index (χ0n) is 17.1. The highest BCUT2D eigenvalue weighted by atomic mass is 16.5. The number of carbonyl (C=O) groups is 2. The van der Waals surface area contributed by atoms with Crippen LogP contribution in [0.4, 0.5) is 5.95 Å². The zero-order valence-corrected chi connectivity index (χ0v) is 17.1. The summed E-state index contributed by atoms with van der Waals surface area (Å²) in [7, 11) is 0. The van der Waals surface area contributed by atoms with Gasteiger partial charge in [-0.25, -0.2) is 4.98 Å². The highest BCUT2D eigenvalue weighted by molar-refractivity contribution is 6.48. The van der Waals surface area contributed by atoms with Crippen molar-refractivity contribution in [2.45, 2.75) is 26.8 Å². The number of para-hydroxylation sites is 3. The Balaban J connectivity index is 1.62. The minimum atomic E-state index is -0.704. The number of ether oxygens (including phenoxy) is 1. The third-order valence-electron chi connectivity index (χ3n) is 5.08. The van der Waals surface area contributed by atoms with E-state index in [1.165, 1.54) is 0 Å². The van der Waals surface area contributed by atoms with Crippen molar-refractivity contribution in [2.75, 3.05) is 18.5 Å². The van der Waals surface area contributed by atoms with Gasteiger partial charge in [0.15, 0.2) is 0 Å². The molecule has 0 saturated heterocycles. The van der Waals surface area contributed by atoms with E-state index in [0.717, 1.165) is 28.4 Å². The number of rotatable bonds is 8. The minimum Gasteiger partial charge on any atom is -0.382 e. The smallest absolute Gasteiger partial charge is 0.299 e. The van der Waals surface area contributed by atoms with Gasteiger partial charge in [0.2, 0.25) is 5.95 Å². The molecule has 0 fully saturated rings. The first-order chi connectivity index (χ1) is 14.6. The van der Waals surface area contributed by atoms with Crippen LogP contribution in [0.3, 0.4) is 0 Å². The summed E-state index contributed by atoms with van der Waals surface area (Å²) in [6.45, 7) is 5.65. The number of aryl methyl sites for hydroxylation is 2. The molecule has 0 aliphatic carbocycles. The summed E-state index contributed by atoms with van der Waals surface area (Å²) in [5.74, 6) is -0.925. The van der Waals surface area contributed by atoms with Crippen molar-refractivity contribution >= 4 is 39.6 Å². The van der Waals surface area contributed by atoms with Crippen LogP contribution in [0.25, 0.3) is 21.9 Å². The van der Waals surface area contributed by atoms with Crippen LogP contribution in [-0.2, 0) is 16.1 Å². The highest BCUT2D eigenvalue weighted by Gasteiger charge is 2.24. The minimum absolute atomic E-state index is 0.364. The summed E-state index contributed by atoms with van der Waals surface area (Å²) < 4.78 is 7.35. The number of carbonyl (C=O) groups excluding carboxylic acids is 2. The van der Waals surface area contributed by atoms with E-state index in [0.29, 0.717) is 37.0 Å². The molecule has 0 saturated carbocycles. The van der Waals surface area contributed by atoms with E-state index < -0.39 is 11.7 Å². The molecular formula is C23H24N4O3. The number of hydrogen-bond donors (Lipinski definition) is 2. The maximum Gasteiger partial charge on any atom is 0.299 e. The molecule has 0 spiro atoms. The molecule has 2 heterocycles. The van der Waals surface area contributed by atoms with Gasteiger partial charge in [0, 0.05) is 36.4 Å². The fourth-order valence-corrected chi connectivity index (χ4v) is 3.71. The summed E-state index contributed by atoms with van der Waals surface area (Å²) in [6, 6.07) is 15.1. The lowest BCUT2D eigenvalue weighted by molar-refractivity contribution is -0.112. The Morgan fingerprint density at radius 3 is 2.73 bits per heavy atom. The summed E-state index contributed by atoms with van der Waals surface area (Å²) in [6.07, 6.45) is 0.770. The average Bonchev–Trinajstić information content (AvgIpc) is 3.27. The Labute approximate surface area is 174 Å². The molecule has 0 bridgehead atoms. The lowest BCUT2D eigenvalue weighted by atomic mass is 10.1. The number of benzene rings is 2. The number of aromatic amines is 1. The zero-order chi connectivity index (χ0) is 21.1. The van der Waals surface area contributed by atoms with E-state index in [-0.39, 0.29) is 0 Å². The third kappa shape index (κ3) is 3.71. The number of anilines is 1. The molecule has 7 heteroatoms. The first kappa shape index (κ1) is 19.8. The molecule has 2 aromatic carbocycles. The van der Waals surface area contributed by atoms with E-state index in [4.69, 9.17) is 4.74 Å². The molecule has 0 unspecified atom stereocenters. The number of aromatic nitrogens is 3. The van der Waals surface area contributed by atoms with Gasteiger partial charge in [-0.2, -0.15) is 0 Å². The maximum atomic E-state index is 13.0. The van der Waals surface area contributed by atoms with E-state index in [1.54, 1.807) is 6.92 Å². The predicted octanol–water partition coefficient (Wildman–Crippen LogP) is 4.07. The van der Waals surface area contributed by atoms with Gasteiger partial charge in [0.25, 0.3) is 11.7 Å². The van der Waals surface area contributed by atoms with Crippen molar-refractivity contribution < 1.29 is 14.3 Å². The van der Waals surface area contributed by atoms with Gasteiger partial charge in [-0.3, -0.25) is 14.9 Å². The van der Waals surface area contributed by atoms with Crippen LogP contribution < -0.4 is 5.32 Å². The van der Waals surface area contributed by atoms with Crippen LogP contribution in [0.15, 0.2) is 48.5 Å². The van der Waals surface area contributed by atoms with E-state index in [9.17, 15) is 9.59 Å². The van der Waals surface area contributed by atoms with Crippen LogP contribution in [0, 0.1) is 6.92 Å². The van der Waals surface area contributed by atoms with E-state index in [1.807, 2.05) is 60.0 Å². The van der Waals surface area contributed by atoms with Gasteiger partial charge in [-0.05, 0) is 38.5 Å². The van der Waals surface area contributed by atoms with E-state index in [2.05, 4.69) is 15.3 Å². The topological polar surface area (TPSA) is 89.0 Å². The number of amides is 1. The van der Waals surface area contributed by atoms with Crippen molar-refractivity contribution in [2.24, 2.45) is 0 Å². The van der Waals surface area contributed by atoms with Gasteiger partial charge >= 0.3 is 0 Å². The largest absolute Gasteiger partial charge is 0.382 e. The van der Waals surface area contributed by atoms with Gasteiger partial charge in [-0.1, -0.05) is 30.3 Å². The summed E-state index contributed by atoms with van der Waals surface area (Å²) in [4.78, 5) is 33.5. The number of fused-ring (bicyclic) bond motifs is 2. The van der Waals surface area contributed by atoms with Gasteiger partial charge in [0.05, 0.1) is 16.6 Å². The number of ketones is 1. The molecule has 4 rings (SSSR count). The quantitative estimate of drug-likeness (QED) is 0.263. The maximum absolute atomic E-state index is 13.0. The Kier molecular flexibility index (Phi) is 5.63. The van der Waals surface area contributed by atoms with Crippen LogP contribution in [0.2, 0.25) is 0 Å². The first-order valence-corrected chi connectivity index (χ1v) is 10.1. The van der Waals surface area contributed by atoms with Crippen molar-refractivity contribution in [3.63, 3.8) is 0 Å². The second-order valence-electron chi connectivity index (χ2n) is 7.08. The van der Waals surface area contributed by atoms with Crippen molar-refractivity contribution in [3.8, 4) is 0 Å². The molecule has 7 nitrogen and oxygen atoms in total. The molecular weight excluding hydrogens is 380 g/mol. The first-order valence-electron chi connectivity index (χ1n) is 10.1. The highest BCUT2D eigenvalue weighted by Crippen LogP contribution is 2.24. The van der Waals surface area contributed by atoms with Crippen LogP contribution in [0.5, 0.6) is 0 Å². The fourth-order valence-electron chi connectivity index (χ4n) is 3.71. The number of hydrogen-bond acceptors (Lipinski definition) is 4. The number of imidazole rings is 1. The standard InChI is InChI=1S/C23H24N4O3/c1-3-30-14-8-13-27-19-12-7-6-11-18(19)25-23(27)26-22(29)21(28)20-15(2)24-17-10-5-4-9-16(17)20/h4-7,9-12,24H,3,8,13-14H2,1-2H3,(H,25,26,29). The molecule has 0 aliphatic rings. The van der Waals surface area contributed by atoms with Crippen LogP contribution in [0.1, 0.15) is 29.4 Å². The van der Waals surface area contributed by atoms with Crippen LogP contribution >= 0.6 is 0 Å². The average molecular weight is 404 g/mol. The predicted molar refractivity (Wildman–Crippen MR) is 117 cm³/mol. The molecule has 4 aromatic rings. The van der Waals surface area contributed by atoms with Gasteiger partial charge < -0.3 is 14.3 Å². The molecule has 154 valence electrons. The van der Waals surface area contributed by atoms with Crippen molar-refractivity contribution in [1.82, 2.24) is 14.5 Å². The second kappa shape index (κ2) is 8.51. The van der Waals surface area contributed by atoms with Gasteiger partial charge in [-0.15, -0.1) is 0 Å². The normalized spacial score (nSPS) is 11.3. The summed E-state index contributed by atoms with van der Waals surface area (Å²) >= 11 is 0. The number of nitrogens with one attached hydrogen (secondary N) is 2. The monoisotopic (exact) mass is 404 g/mol. The van der Waals surface area contributed by atoms with Crippen molar-refractivity contribution in [3.05, 3.63) is 59.8 Å². The Morgan fingerprint density at radius 1 is 1.13 bits per heavy atom. The van der Waals surface area contributed by atoms with E-state index >= 15 is 0 Å². The number of Topliss-reactive ketones (excluding diaryl/α,β-unsaturated/α-hetero) is 1. The molecule has 0 radical (unpaired) electrons. The fraction of sp³-hybridized carbons (Fsp3) is 0.261. The summed E-state index contributed by atoms with van der Waals surface area (Å²) in [5.41, 5.74) is 3.55. The van der Waals surface area contributed by atoms with Crippen LogP contribution in [-0.4, -0.2) is 39.4 Å². The Bertz CT molecular complexity index is 1220.